The molecule has 0 bridgehead atoms. The summed E-state index contributed by atoms with van der Waals surface area (Å²) in [6.07, 6.45) is 1.82. The fourth-order valence-electron chi connectivity index (χ4n) is 3.77. The molecule has 1 aliphatic rings. The Balaban J connectivity index is 1.37. The molecule has 3 heterocycles. The molecule has 1 N–H and O–H groups in total. The summed E-state index contributed by atoms with van der Waals surface area (Å²) in [6, 6.07) is 20.3. The Bertz CT molecular complexity index is 1160. The Kier molecular flexibility index (Phi) is 5.02. The van der Waals surface area contributed by atoms with Crippen molar-refractivity contribution in [3.63, 3.8) is 0 Å². The van der Waals surface area contributed by atoms with Crippen molar-refractivity contribution < 1.29 is 0 Å². The summed E-state index contributed by atoms with van der Waals surface area (Å²) in [5.41, 5.74) is 5.13. The largest absolute Gasteiger partial charge is 0.369 e. The molecule has 0 saturated carbocycles. The molecular weight excluding hydrogens is 396 g/mol. The quantitative estimate of drug-likeness (QED) is 0.527. The first-order chi connectivity index (χ1) is 14.7. The maximum absolute atomic E-state index is 6.17. The van der Waals surface area contributed by atoms with Crippen LogP contribution in [0.15, 0.2) is 66.9 Å². The zero-order chi connectivity index (χ0) is 20.5. The number of benzene rings is 2. The zero-order valence-electron chi connectivity index (χ0n) is 16.8. The van der Waals surface area contributed by atoms with Gasteiger partial charge in [-0.15, -0.1) is 5.10 Å². The SMILES string of the molecule is CN1CCN(c2ccc(Nc3ncc4ccc(-c5cccc(Cl)c5)n4n3)cc2)CC1. The van der Waals surface area contributed by atoms with Gasteiger partial charge >= 0.3 is 0 Å². The van der Waals surface area contributed by atoms with Gasteiger partial charge in [0.05, 0.1) is 17.4 Å². The number of fused-ring (bicyclic) bond motifs is 1. The van der Waals surface area contributed by atoms with Crippen LogP contribution < -0.4 is 10.2 Å². The van der Waals surface area contributed by atoms with Crippen molar-refractivity contribution in [3.8, 4) is 11.3 Å². The predicted molar refractivity (Wildman–Crippen MR) is 123 cm³/mol. The van der Waals surface area contributed by atoms with Crippen LogP contribution in [-0.4, -0.2) is 52.7 Å². The molecule has 30 heavy (non-hydrogen) atoms. The van der Waals surface area contributed by atoms with Gasteiger partial charge in [0.25, 0.3) is 0 Å². The highest BCUT2D eigenvalue weighted by molar-refractivity contribution is 6.30. The standard InChI is InChI=1S/C23H23ClN6/c1-28-11-13-29(14-12-28)20-7-5-19(6-8-20)26-23-25-16-21-9-10-22(30(21)27-23)17-3-2-4-18(24)15-17/h2-10,15-16H,11-14H2,1H3,(H,26,27). The van der Waals surface area contributed by atoms with Gasteiger partial charge in [0, 0.05) is 48.1 Å². The van der Waals surface area contributed by atoms with E-state index in [1.807, 2.05) is 47.1 Å². The van der Waals surface area contributed by atoms with Crippen molar-refractivity contribution in [2.45, 2.75) is 0 Å². The van der Waals surface area contributed by atoms with Crippen LogP contribution in [0.5, 0.6) is 0 Å². The number of hydrogen-bond acceptors (Lipinski definition) is 5. The Morgan fingerprint density at radius 1 is 0.933 bits per heavy atom. The molecule has 0 aliphatic carbocycles. The molecule has 0 atom stereocenters. The normalized spacial score (nSPS) is 14.9. The monoisotopic (exact) mass is 418 g/mol. The third-order valence-corrected chi connectivity index (χ3v) is 5.75. The highest BCUT2D eigenvalue weighted by atomic mass is 35.5. The number of nitrogens with zero attached hydrogens (tertiary/aromatic N) is 5. The van der Waals surface area contributed by atoms with Crippen LogP contribution in [0.25, 0.3) is 16.8 Å². The number of anilines is 3. The van der Waals surface area contributed by atoms with Crippen LogP contribution in [0.4, 0.5) is 17.3 Å². The van der Waals surface area contributed by atoms with E-state index in [1.54, 1.807) is 0 Å². The Morgan fingerprint density at radius 3 is 2.50 bits per heavy atom. The fraction of sp³-hybridized carbons (Fsp3) is 0.217. The minimum atomic E-state index is 0.550. The number of likely N-dealkylation sites (N-methyl/N-ethyl adjacent to an activating group) is 1. The van der Waals surface area contributed by atoms with Gasteiger partial charge in [-0.05, 0) is 55.6 Å². The number of halogens is 1. The van der Waals surface area contributed by atoms with Crippen molar-refractivity contribution in [2.75, 3.05) is 43.4 Å². The van der Waals surface area contributed by atoms with Gasteiger partial charge in [-0.1, -0.05) is 23.7 Å². The van der Waals surface area contributed by atoms with Crippen LogP contribution in [0.2, 0.25) is 5.02 Å². The molecule has 2 aromatic heterocycles. The van der Waals surface area contributed by atoms with Crippen LogP contribution in [-0.2, 0) is 0 Å². The number of nitrogens with one attached hydrogen (secondary N) is 1. The maximum Gasteiger partial charge on any atom is 0.245 e. The lowest BCUT2D eigenvalue weighted by Gasteiger charge is -2.34. The molecule has 5 rings (SSSR count). The second kappa shape index (κ2) is 7.97. The van der Waals surface area contributed by atoms with Gasteiger partial charge in [0.15, 0.2) is 0 Å². The van der Waals surface area contributed by atoms with E-state index in [-0.39, 0.29) is 0 Å². The molecule has 0 amide bonds. The second-order valence-corrected chi connectivity index (χ2v) is 8.05. The van der Waals surface area contributed by atoms with E-state index < -0.39 is 0 Å². The molecule has 0 spiro atoms. The minimum Gasteiger partial charge on any atom is -0.369 e. The smallest absolute Gasteiger partial charge is 0.245 e. The van der Waals surface area contributed by atoms with E-state index in [1.165, 1.54) is 5.69 Å². The summed E-state index contributed by atoms with van der Waals surface area (Å²) >= 11 is 6.17. The van der Waals surface area contributed by atoms with Crippen LogP contribution >= 0.6 is 11.6 Å². The molecule has 0 unspecified atom stereocenters. The Hall–Kier alpha value is -3.09. The molecule has 1 fully saturated rings. The second-order valence-electron chi connectivity index (χ2n) is 7.61. The summed E-state index contributed by atoms with van der Waals surface area (Å²) in [7, 11) is 2.17. The van der Waals surface area contributed by atoms with E-state index in [4.69, 9.17) is 16.7 Å². The van der Waals surface area contributed by atoms with E-state index >= 15 is 0 Å². The van der Waals surface area contributed by atoms with Crippen molar-refractivity contribution in [2.24, 2.45) is 0 Å². The number of hydrogen-bond donors (Lipinski definition) is 1. The molecule has 0 radical (unpaired) electrons. The maximum atomic E-state index is 6.17. The molecule has 1 aliphatic heterocycles. The van der Waals surface area contributed by atoms with Gasteiger partial charge in [0.2, 0.25) is 5.95 Å². The molecule has 7 heteroatoms. The molecule has 6 nitrogen and oxygen atoms in total. The summed E-state index contributed by atoms with van der Waals surface area (Å²) in [5, 5.41) is 8.71. The first kappa shape index (κ1) is 18.9. The van der Waals surface area contributed by atoms with E-state index in [2.05, 4.69) is 51.4 Å². The van der Waals surface area contributed by atoms with E-state index in [0.29, 0.717) is 11.0 Å². The van der Waals surface area contributed by atoms with Crippen molar-refractivity contribution in [3.05, 3.63) is 71.9 Å². The van der Waals surface area contributed by atoms with Crippen molar-refractivity contribution in [1.82, 2.24) is 19.5 Å². The Labute approximate surface area is 180 Å². The summed E-state index contributed by atoms with van der Waals surface area (Å²) in [6.45, 7) is 4.31. The number of aromatic nitrogens is 3. The zero-order valence-corrected chi connectivity index (χ0v) is 17.5. The van der Waals surface area contributed by atoms with Crippen LogP contribution in [0.1, 0.15) is 0 Å². The summed E-state index contributed by atoms with van der Waals surface area (Å²) in [4.78, 5) is 9.24. The first-order valence-electron chi connectivity index (χ1n) is 10.1. The first-order valence-corrected chi connectivity index (χ1v) is 10.4. The third kappa shape index (κ3) is 3.84. The lowest BCUT2D eigenvalue weighted by atomic mass is 10.2. The molecule has 4 aromatic rings. The molecule has 1 saturated heterocycles. The van der Waals surface area contributed by atoms with Crippen LogP contribution in [0.3, 0.4) is 0 Å². The van der Waals surface area contributed by atoms with Gasteiger partial charge in [-0.3, -0.25) is 0 Å². The van der Waals surface area contributed by atoms with Gasteiger partial charge in [0.1, 0.15) is 0 Å². The molecule has 152 valence electrons. The minimum absolute atomic E-state index is 0.550. The van der Waals surface area contributed by atoms with Gasteiger partial charge < -0.3 is 15.1 Å². The summed E-state index contributed by atoms with van der Waals surface area (Å²) < 4.78 is 1.89. The highest BCUT2D eigenvalue weighted by Gasteiger charge is 2.14. The average Bonchev–Trinajstić information content (AvgIpc) is 3.18. The van der Waals surface area contributed by atoms with Crippen molar-refractivity contribution >= 4 is 34.4 Å². The average molecular weight is 419 g/mol. The van der Waals surface area contributed by atoms with Gasteiger partial charge in [-0.2, -0.15) is 0 Å². The number of rotatable bonds is 4. The predicted octanol–water partition coefficient (Wildman–Crippen LogP) is 4.55. The van der Waals surface area contributed by atoms with Crippen LogP contribution in [0, 0.1) is 0 Å². The number of piperazine rings is 1. The lowest BCUT2D eigenvalue weighted by Crippen LogP contribution is -2.44. The summed E-state index contributed by atoms with van der Waals surface area (Å²) in [5.74, 6) is 0.550. The van der Waals surface area contributed by atoms with Gasteiger partial charge in [-0.25, -0.2) is 9.50 Å². The lowest BCUT2D eigenvalue weighted by molar-refractivity contribution is 0.313. The van der Waals surface area contributed by atoms with E-state index in [0.717, 1.165) is 48.6 Å². The topological polar surface area (TPSA) is 48.7 Å². The molecular formula is C23H23ClN6. The third-order valence-electron chi connectivity index (χ3n) is 5.51. The Morgan fingerprint density at radius 2 is 1.73 bits per heavy atom. The van der Waals surface area contributed by atoms with Crippen molar-refractivity contribution in [1.29, 1.82) is 0 Å². The molecule has 2 aromatic carbocycles. The fourth-order valence-corrected chi connectivity index (χ4v) is 3.96. The van der Waals surface area contributed by atoms with E-state index in [9.17, 15) is 0 Å². The highest BCUT2D eigenvalue weighted by Crippen LogP contribution is 2.25.